The van der Waals surface area contributed by atoms with Gasteiger partial charge in [0.25, 0.3) is 0 Å². The average molecular weight is 293 g/mol. The highest BCUT2D eigenvalue weighted by molar-refractivity contribution is 6.17. The van der Waals surface area contributed by atoms with Crippen molar-refractivity contribution in [3.63, 3.8) is 0 Å². The second kappa shape index (κ2) is 4.86. The second-order valence-corrected chi connectivity index (χ2v) is 5.12. The van der Waals surface area contributed by atoms with Crippen molar-refractivity contribution in [3.05, 3.63) is 23.7 Å². The Morgan fingerprint density at radius 1 is 1.50 bits per heavy atom. The van der Waals surface area contributed by atoms with Crippen molar-refractivity contribution in [2.75, 3.05) is 0 Å². The van der Waals surface area contributed by atoms with Crippen molar-refractivity contribution >= 4 is 34.6 Å². The van der Waals surface area contributed by atoms with E-state index in [2.05, 4.69) is 15.3 Å². The third-order valence-electron chi connectivity index (χ3n) is 3.38. The molecule has 1 N–H and O–H groups in total. The molecule has 0 aliphatic carbocycles. The number of pyridine rings is 1. The van der Waals surface area contributed by atoms with Crippen LogP contribution in [0.5, 0.6) is 0 Å². The number of alkyl halides is 1. The van der Waals surface area contributed by atoms with Crippen molar-refractivity contribution in [1.82, 2.24) is 19.9 Å². The van der Waals surface area contributed by atoms with Gasteiger partial charge in [-0.05, 0) is 25.0 Å². The number of hydrogen-bond donors (Lipinski definition) is 1. The van der Waals surface area contributed by atoms with Gasteiger partial charge in [-0.15, -0.1) is 11.6 Å². The molecule has 2 aromatic rings. The van der Waals surface area contributed by atoms with E-state index in [0.29, 0.717) is 29.8 Å². The quantitative estimate of drug-likeness (QED) is 0.671. The molecule has 0 bridgehead atoms. The first-order chi connectivity index (χ1) is 9.60. The molecule has 20 heavy (non-hydrogen) atoms. The van der Waals surface area contributed by atoms with Crippen LogP contribution in [0, 0.1) is 6.92 Å². The van der Waals surface area contributed by atoms with Crippen LogP contribution in [0.1, 0.15) is 30.3 Å². The Hall–Kier alpha value is -1.95. The van der Waals surface area contributed by atoms with Crippen LogP contribution in [0.3, 0.4) is 0 Å². The lowest BCUT2D eigenvalue weighted by molar-refractivity contribution is -0.135. The predicted octanol–water partition coefficient (Wildman–Crippen LogP) is 1.46. The second-order valence-electron chi connectivity index (χ2n) is 4.85. The van der Waals surface area contributed by atoms with Crippen LogP contribution in [0.25, 0.3) is 11.2 Å². The molecule has 0 spiro atoms. The van der Waals surface area contributed by atoms with Gasteiger partial charge in [0.2, 0.25) is 11.8 Å². The molecule has 7 heteroatoms. The van der Waals surface area contributed by atoms with Crippen molar-refractivity contribution in [3.8, 4) is 0 Å². The van der Waals surface area contributed by atoms with E-state index in [1.165, 1.54) is 0 Å². The van der Waals surface area contributed by atoms with Crippen LogP contribution >= 0.6 is 11.6 Å². The highest BCUT2D eigenvalue weighted by Gasteiger charge is 2.31. The summed E-state index contributed by atoms with van der Waals surface area (Å²) in [5, 5.41) is 2.35. The Kier molecular flexibility index (Phi) is 3.17. The molecule has 3 rings (SSSR count). The summed E-state index contributed by atoms with van der Waals surface area (Å²) >= 11 is 5.93. The highest BCUT2D eigenvalue weighted by atomic mass is 35.5. The summed E-state index contributed by atoms with van der Waals surface area (Å²) in [6.45, 7) is 1.93. The maximum absolute atomic E-state index is 12.0. The normalized spacial score (nSPS) is 19.4. The first-order valence-electron chi connectivity index (χ1n) is 6.33. The molecule has 0 radical (unpaired) electrons. The predicted molar refractivity (Wildman–Crippen MR) is 73.2 cm³/mol. The minimum atomic E-state index is -0.485. The van der Waals surface area contributed by atoms with Crippen LogP contribution in [0.2, 0.25) is 0 Å². The zero-order valence-corrected chi connectivity index (χ0v) is 11.6. The summed E-state index contributed by atoms with van der Waals surface area (Å²) in [5.41, 5.74) is 2.33. The first-order valence-corrected chi connectivity index (χ1v) is 6.86. The number of nitrogens with one attached hydrogen (secondary N) is 1. The number of nitrogens with zero attached hydrogens (tertiary/aromatic N) is 3. The molecule has 0 saturated carbocycles. The zero-order chi connectivity index (χ0) is 14.3. The molecule has 0 aromatic carbocycles. The van der Waals surface area contributed by atoms with Gasteiger partial charge in [-0.1, -0.05) is 0 Å². The lowest BCUT2D eigenvalue weighted by atomic mass is 10.1. The average Bonchev–Trinajstić information content (AvgIpc) is 2.76. The summed E-state index contributed by atoms with van der Waals surface area (Å²) in [4.78, 5) is 32.1. The molecule has 2 aromatic heterocycles. The molecular weight excluding hydrogens is 280 g/mol. The standard InChI is InChI=1S/C13H13ClN4O2/c1-7-4-8-12(15-6-7)18(10(5-14)16-8)9-2-3-11(19)17-13(9)20/h4,6,9H,2-3,5H2,1H3,(H,17,19,20). The van der Waals surface area contributed by atoms with Crippen molar-refractivity contribution < 1.29 is 9.59 Å². The molecule has 1 unspecified atom stereocenters. The number of aryl methyl sites for hydroxylation is 1. The van der Waals surface area contributed by atoms with Gasteiger partial charge in [-0.2, -0.15) is 0 Å². The van der Waals surface area contributed by atoms with Crippen LogP contribution in [0.4, 0.5) is 0 Å². The number of imidazole rings is 1. The number of fused-ring (bicyclic) bond motifs is 1. The third-order valence-corrected chi connectivity index (χ3v) is 3.62. The lowest BCUT2D eigenvalue weighted by Crippen LogP contribution is -2.42. The minimum Gasteiger partial charge on any atom is -0.299 e. The van der Waals surface area contributed by atoms with Gasteiger partial charge in [0.1, 0.15) is 17.4 Å². The van der Waals surface area contributed by atoms with Crippen LogP contribution in [0.15, 0.2) is 12.3 Å². The van der Waals surface area contributed by atoms with Crippen LogP contribution < -0.4 is 5.32 Å². The Labute approximate surface area is 120 Å². The van der Waals surface area contributed by atoms with Crippen molar-refractivity contribution in [1.29, 1.82) is 0 Å². The fourth-order valence-electron chi connectivity index (χ4n) is 2.48. The fourth-order valence-corrected chi connectivity index (χ4v) is 2.67. The SMILES string of the molecule is Cc1cnc2c(c1)nc(CCl)n2C1CCC(=O)NC1=O. The number of halogens is 1. The van der Waals surface area contributed by atoms with Gasteiger partial charge < -0.3 is 0 Å². The number of carbonyl (C=O) groups is 2. The van der Waals surface area contributed by atoms with Gasteiger partial charge in [-0.3, -0.25) is 19.5 Å². The van der Waals surface area contributed by atoms with Gasteiger partial charge in [0.05, 0.1) is 5.88 Å². The van der Waals surface area contributed by atoms with E-state index in [1.807, 2.05) is 13.0 Å². The highest BCUT2D eigenvalue weighted by Crippen LogP contribution is 2.26. The van der Waals surface area contributed by atoms with Gasteiger partial charge in [0, 0.05) is 12.6 Å². The molecule has 2 amide bonds. The summed E-state index contributed by atoms with van der Waals surface area (Å²) in [5.74, 6) is 0.211. The number of aromatic nitrogens is 3. The summed E-state index contributed by atoms with van der Waals surface area (Å²) in [7, 11) is 0. The van der Waals surface area contributed by atoms with E-state index in [0.717, 1.165) is 5.56 Å². The summed E-state index contributed by atoms with van der Waals surface area (Å²) in [6, 6.07) is 1.42. The Morgan fingerprint density at radius 2 is 2.30 bits per heavy atom. The number of rotatable bonds is 2. The van der Waals surface area contributed by atoms with E-state index in [9.17, 15) is 9.59 Å². The van der Waals surface area contributed by atoms with Gasteiger partial charge in [-0.25, -0.2) is 9.97 Å². The fraction of sp³-hybridized carbons (Fsp3) is 0.385. The maximum atomic E-state index is 12.0. The smallest absolute Gasteiger partial charge is 0.249 e. The zero-order valence-electron chi connectivity index (χ0n) is 10.9. The van der Waals surface area contributed by atoms with Gasteiger partial charge in [0.15, 0.2) is 5.65 Å². The van der Waals surface area contributed by atoms with Crippen LogP contribution in [-0.4, -0.2) is 26.3 Å². The molecule has 1 saturated heterocycles. The maximum Gasteiger partial charge on any atom is 0.249 e. The van der Waals surface area contributed by atoms with Crippen LogP contribution in [-0.2, 0) is 15.5 Å². The van der Waals surface area contributed by atoms with Crippen molar-refractivity contribution in [2.45, 2.75) is 31.7 Å². The van der Waals surface area contributed by atoms with E-state index in [4.69, 9.17) is 11.6 Å². The van der Waals surface area contributed by atoms with E-state index < -0.39 is 6.04 Å². The molecule has 3 heterocycles. The Morgan fingerprint density at radius 3 is 3.00 bits per heavy atom. The number of hydrogen-bond acceptors (Lipinski definition) is 4. The number of carbonyl (C=O) groups excluding carboxylic acids is 2. The van der Waals surface area contributed by atoms with E-state index >= 15 is 0 Å². The van der Waals surface area contributed by atoms with Crippen molar-refractivity contribution in [2.24, 2.45) is 0 Å². The number of amides is 2. The summed E-state index contributed by atoms with van der Waals surface area (Å²) in [6.07, 6.45) is 2.48. The minimum absolute atomic E-state index is 0.188. The third kappa shape index (κ3) is 2.06. The Bertz CT molecular complexity index is 710. The molecule has 104 valence electrons. The molecule has 1 fully saturated rings. The van der Waals surface area contributed by atoms with E-state index in [1.54, 1.807) is 10.8 Å². The first kappa shape index (κ1) is 13.1. The topological polar surface area (TPSA) is 76.9 Å². The largest absolute Gasteiger partial charge is 0.299 e. The van der Waals surface area contributed by atoms with E-state index in [-0.39, 0.29) is 17.7 Å². The summed E-state index contributed by atoms with van der Waals surface area (Å²) < 4.78 is 1.74. The van der Waals surface area contributed by atoms with Gasteiger partial charge >= 0.3 is 0 Å². The molecule has 1 aliphatic heterocycles. The molecule has 1 aliphatic rings. The Balaban J connectivity index is 2.14. The molecule has 1 atom stereocenters. The molecular formula is C13H13ClN4O2. The monoisotopic (exact) mass is 292 g/mol. The number of imide groups is 1. The molecule has 6 nitrogen and oxygen atoms in total. The number of piperidine rings is 1. The lowest BCUT2D eigenvalue weighted by Gasteiger charge is -2.23.